The summed E-state index contributed by atoms with van der Waals surface area (Å²) in [5.41, 5.74) is 4.52. The lowest BCUT2D eigenvalue weighted by molar-refractivity contribution is 0.438. The molecule has 1 heteroatoms. The lowest BCUT2D eigenvalue weighted by atomic mass is 9.93. The maximum atomic E-state index is 2.31. The predicted octanol–water partition coefficient (Wildman–Crippen LogP) is 3.44. The van der Waals surface area contributed by atoms with Crippen molar-refractivity contribution in [3.63, 3.8) is 0 Å². The van der Waals surface area contributed by atoms with Crippen LogP contribution in [-0.4, -0.2) is 25.5 Å². The van der Waals surface area contributed by atoms with Crippen LogP contribution in [0.25, 0.3) is 0 Å². The zero-order valence-corrected chi connectivity index (χ0v) is 10.8. The van der Waals surface area contributed by atoms with Crippen LogP contribution in [0.2, 0.25) is 0 Å². The van der Waals surface area contributed by atoms with Crippen LogP contribution in [0.3, 0.4) is 0 Å². The summed E-state index contributed by atoms with van der Waals surface area (Å²) in [6, 6.07) is 10.7. The highest BCUT2D eigenvalue weighted by atomic mass is 15.0. The monoisotopic (exact) mass is 227 g/mol. The van der Waals surface area contributed by atoms with Crippen molar-refractivity contribution in [3.8, 4) is 0 Å². The summed E-state index contributed by atoms with van der Waals surface area (Å²) in [6.07, 6.45) is 8.16. The Morgan fingerprint density at radius 1 is 0.941 bits per heavy atom. The van der Waals surface area contributed by atoms with Crippen molar-refractivity contribution in [1.29, 1.82) is 0 Å². The van der Waals surface area contributed by atoms with Gasteiger partial charge in [0.2, 0.25) is 0 Å². The summed E-state index contributed by atoms with van der Waals surface area (Å²) in [5.74, 6) is 0. The second kappa shape index (κ2) is 5.83. The molecule has 0 bridgehead atoms. The Balaban J connectivity index is 1.96. The fourth-order valence-corrected chi connectivity index (χ4v) is 2.27. The number of nitrogens with zero attached hydrogens (tertiary/aromatic N) is 1. The lowest BCUT2D eigenvalue weighted by Crippen LogP contribution is -2.16. The molecule has 0 aliphatic heterocycles. The van der Waals surface area contributed by atoms with Crippen molar-refractivity contribution in [2.75, 3.05) is 20.6 Å². The minimum atomic E-state index is 1.09. The van der Waals surface area contributed by atoms with E-state index in [4.69, 9.17) is 0 Å². The first kappa shape index (κ1) is 12.1. The molecular weight excluding hydrogens is 206 g/mol. The van der Waals surface area contributed by atoms with Gasteiger partial charge in [-0.15, -0.1) is 0 Å². The molecule has 0 spiro atoms. The van der Waals surface area contributed by atoms with E-state index in [-0.39, 0.29) is 0 Å². The molecular formula is C16H21N. The van der Waals surface area contributed by atoms with E-state index in [2.05, 4.69) is 61.5 Å². The van der Waals surface area contributed by atoms with Crippen molar-refractivity contribution < 1.29 is 0 Å². The second-order valence-corrected chi connectivity index (χ2v) is 5.05. The lowest BCUT2D eigenvalue weighted by Gasteiger charge is -2.18. The molecule has 0 aromatic heterocycles. The number of hydrogen-bond acceptors (Lipinski definition) is 1. The van der Waals surface area contributed by atoms with Gasteiger partial charge in [0.25, 0.3) is 0 Å². The molecule has 1 aromatic carbocycles. The summed E-state index contributed by atoms with van der Waals surface area (Å²) in [4.78, 5) is 2.24. The smallest absolute Gasteiger partial charge is 0.0190 e. The van der Waals surface area contributed by atoms with E-state index >= 15 is 0 Å². The van der Waals surface area contributed by atoms with E-state index in [0.29, 0.717) is 0 Å². The number of hydrogen-bond donors (Lipinski definition) is 0. The quantitative estimate of drug-likeness (QED) is 0.761. The fourth-order valence-electron chi connectivity index (χ4n) is 2.27. The van der Waals surface area contributed by atoms with E-state index < -0.39 is 0 Å². The molecule has 0 amide bonds. The van der Waals surface area contributed by atoms with E-state index in [1.54, 1.807) is 11.1 Å². The molecule has 1 aromatic rings. The standard InChI is InChI=1S/C16H21N/c1-17(2)13-16-10-8-15(9-11-16)12-14-6-4-3-5-7-14/h3-8,10H,9,11-13H2,1-2H3. The van der Waals surface area contributed by atoms with Gasteiger partial charge in [0.1, 0.15) is 0 Å². The van der Waals surface area contributed by atoms with E-state index in [9.17, 15) is 0 Å². The molecule has 0 radical (unpaired) electrons. The highest BCUT2D eigenvalue weighted by molar-refractivity contribution is 5.29. The number of benzene rings is 1. The maximum Gasteiger partial charge on any atom is 0.0190 e. The molecule has 0 atom stereocenters. The van der Waals surface area contributed by atoms with E-state index in [0.717, 1.165) is 13.0 Å². The van der Waals surface area contributed by atoms with E-state index in [1.807, 2.05) is 0 Å². The molecule has 0 unspecified atom stereocenters. The van der Waals surface area contributed by atoms with Crippen LogP contribution in [0, 0.1) is 0 Å². The van der Waals surface area contributed by atoms with Gasteiger partial charge >= 0.3 is 0 Å². The minimum Gasteiger partial charge on any atom is -0.305 e. The third-order valence-electron chi connectivity index (χ3n) is 3.12. The Hall–Kier alpha value is -1.34. The average Bonchev–Trinajstić information content (AvgIpc) is 2.32. The topological polar surface area (TPSA) is 3.24 Å². The first-order valence-electron chi connectivity index (χ1n) is 6.30. The molecule has 0 N–H and O–H groups in total. The molecule has 0 saturated heterocycles. The van der Waals surface area contributed by atoms with Crippen LogP contribution in [0.4, 0.5) is 0 Å². The number of likely N-dealkylation sites (N-methyl/N-ethyl adjacent to an activating group) is 1. The summed E-state index contributed by atoms with van der Waals surface area (Å²) in [5, 5.41) is 0. The van der Waals surface area contributed by atoms with Gasteiger partial charge in [0, 0.05) is 6.54 Å². The molecule has 0 saturated carbocycles. The molecule has 0 heterocycles. The minimum absolute atomic E-state index is 1.09. The molecule has 90 valence electrons. The van der Waals surface area contributed by atoms with Gasteiger partial charge in [-0.25, -0.2) is 0 Å². The fraction of sp³-hybridized carbons (Fsp3) is 0.375. The third-order valence-corrected chi connectivity index (χ3v) is 3.12. The third kappa shape index (κ3) is 3.86. The van der Waals surface area contributed by atoms with Crippen LogP contribution in [0.15, 0.2) is 53.6 Å². The molecule has 1 aliphatic carbocycles. The average molecular weight is 227 g/mol. The molecule has 17 heavy (non-hydrogen) atoms. The Morgan fingerprint density at radius 3 is 2.18 bits per heavy atom. The maximum absolute atomic E-state index is 2.31. The Morgan fingerprint density at radius 2 is 1.59 bits per heavy atom. The van der Waals surface area contributed by atoms with Gasteiger partial charge in [-0.05, 0) is 38.9 Å². The molecule has 1 aliphatic rings. The number of rotatable bonds is 4. The van der Waals surface area contributed by atoms with Crippen molar-refractivity contribution >= 4 is 0 Å². The summed E-state index contributed by atoms with van der Waals surface area (Å²) < 4.78 is 0. The SMILES string of the molecule is CN(C)CC1=CC=C(Cc2ccccc2)CC1. The van der Waals surface area contributed by atoms with Crippen LogP contribution in [0.5, 0.6) is 0 Å². The van der Waals surface area contributed by atoms with Gasteiger partial charge in [0.05, 0.1) is 0 Å². The van der Waals surface area contributed by atoms with Gasteiger partial charge in [-0.3, -0.25) is 0 Å². The molecule has 0 fully saturated rings. The first-order valence-corrected chi connectivity index (χ1v) is 6.30. The Kier molecular flexibility index (Phi) is 4.16. The van der Waals surface area contributed by atoms with Crippen LogP contribution in [-0.2, 0) is 6.42 Å². The van der Waals surface area contributed by atoms with Gasteiger partial charge < -0.3 is 4.90 Å². The zero-order chi connectivity index (χ0) is 12.1. The van der Waals surface area contributed by atoms with Crippen molar-refractivity contribution in [1.82, 2.24) is 4.90 Å². The predicted molar refractivity (Wildman–Crippen MR) is 74.1 cm³/mol. The van der Waals surface area contributed by atoms with Gasteiger partial charge in [-0.2, -0.15) is 0 Å². The van der Waals surface area contributed by atoms with Gasteiger partial charge in [-0.1, -0.05) is 53.6 Å². The van der Waals surface area contributed by atoms with Crippen molar-refractivity contribution in [2.45, 2.75) is 19.3 Å². The normalized spacial score (nSPS) is 15.7. The Bertz CT molecular complexity index is 412. The van der Waals surface area contributed by atoms with Crippen LogP contribution >= 0.6 is 0 Å². The summed E-state index contributed by atoms with van der Waals surface area (Å²) in [6.45, 7) is 1.09. The first-order chi connectivity index (χ1) is 8.24. The van der Waals surface area contributed by atoms with Crippen LogP contribution in [0.1, 0.15) is 18.4 Å². The Labute approximate surface area is 104 Å². The van der Waals surface area contributed by atoms with Crippen LogP contribution < -0.4 is 0 Å². The highest BCUT2D eigenvalue weighted by Crippen LogP contribution is 2.21. The molecule has 2 rings (SSSR count). The summed E-state index contributed by atoms with van der Waals surface area (Å²) >= 11 is 0. The van der Waals surface area contributed by atoms with Crippen molar-refractivity contribution in [3.05, 3.63) is 59.2 Å². The van der Waals surface area contributed by atoms with Crippen molar-refractivity contribution in [2.24, 2.45) is 0 Å². The second-order valence-electron chi connectivity index (χ2n) is 5.05. The number of allylic oxidation sites excluding steroid dienone is 3. The zero-order valence-electron chi connectivity index (χ0n) is 10.8. The molecule has 1 nitrogen and oxygen atoms in total. The summed E-state index contributed by atoms with van der Waals surface area (Å²) in [7, 11) is 4.26. The highest BCUT2D eigenvalue weighted by Gasteiger charge is 2.07. The largest absolute Gasteiger partial charge is 0.305 e. The van der Waals surface area contributed by atoms with Gasteiger partial charge in [0.15, 0.2) is 0 Å². The van der Waals surface area contributed by atoms with E-state index in [1.165, 1.54) is 18.4 Å².